The summed E-state index contributed by atoms with van der Waals surface area (Å²) in [5.41, 5.74) is 0. The Bertz CT molecular complexity index is 2270. The number of amides is 2. The highest BCUT2D eigenvalue weighted by atomic mass is 16.8. The van der Waals surface area contributed by atoms with Gasteiger partial charge >= 0.3 is 5.97 Å². The first-order valence-corrected chi connectivity index (χ1v) is 44.7. The van der Waals surface area contributed by atoms with E-state index in [4.69, 9.17) is 28.4 Å². The van der Waals surface area contributed by atoms with Crippen LogP contribution in [0.3, 0.4) is 0 Å². The lowest BCUT2D eigenvalue weighted by Gasteiger charge is -2.50. The maximum absolute atomic E-state index is 13.6. The van der Waals surface area contributed by atoms with E-state index in [9.17, 15) is 75.7 Å². The van der Waals surface area contributed by atoms with Crippen LogP contribution in [0.2, 0.25) is 0 Å². The van der Waals surface area contributed by atoms with E-state index in [1.165, 1.54) is 283 Å². The molecule has 0 radical (unpaired) electrons. The monoisotopic (exact) mass is 1570 g/mol. The van der Waals surface area contributed by atoms with Gasteiger partial charge in [0.2, 0.25) is 11.8 Å². The number of allylic oxidation sites excluding steroid dienone is 3. The average molecular weight is 1570 g/mol. The molecule has 3 saturated heterocycles. The highest BCUT2D eigenvalue weighted by Crippen LogP contribution is 2.39. The molecule has 3 rings (SSSR count). The Hall–Kier alpha value is -2.79. The van der Waals surface area contributed by atoms with Crippen molar-refractivity contribution < 1.29 is 104 Å². The molecule has 110 heavy (non-hydrogen) atoms. The second kappa shape index (κ2) is 65.3. The number of carbonyl (C=O) groups excluding carboxylic acids is 2. The summed E-state index contributed by atoms with van der Waals surface area (Å²) < 4.78 is 35.0. The zero-order valence-electron chi connectivity index (χ0n) is 68.9. The first-order valence-electron chi connectivity index (χ1n) is 44.7. The van der Waals surface area contributed by atoms with Crippen molar-refractivity contribution >= 4 is 17.8 Å². The fraction of sp³-hybridized carbons (Fsp3) is 0.920. The zero-order chi connectivity index (χ0) is 80.3. The van der Waals surface area contributed by atoms with Gasteiger partial charge in [-0.25, -0.2) is 4.79 Å². The number of aliphatic hydroxyl groups is 11. The van der Waals surface area contributed by atoms with Gasteiger partial charge in [-0.3, -0.25) is 9.59 Å². The van der Waals surface area contributed by atoms with Crippen LogP contribution in [0.5, 0.6) is 0 Å². The van der Waals surface area contributed by atoms with Crippen LogP contribution in [0.15, 0.2) is 24.3 Å². The van der Waals surface area contributed by atoms with E-state index in [1.54, 1.807) is 6.08 Å². The molecule has 646 valence electrons. The molecule has 0 bridgehead atoms. The lowest BCUT2D eigenvalue weighted by molar-refractivity contribution is -0.386. The van der Waals surface area contributed by atoms with Crippen LogP contribution < -0.4 is 10.6 Å². The van der Waals surface area contributed by atoms with Gasteiger partial charge in [-0.1, -0.05) is 334 Å². The third-order valence-corrected chi connectivity index (χ3v) is 22.6. The number of aliphatic hydroxyl groups excluding tert-OH is 11. The quantitative estimate of drug-likeness (QED) is 0.0199. The molecule has 3 aliphatic rings. The number of hydrogen-bond donors (Lipinski definition) is 14. The van der Waals surface area contributed by atoms with E-state index in [0.29, 0.717) is 12.8 Å². The van der Waals surface area contributed by atoms with Crippen molar-refractivity contribution in [1.82, 2.24) is 10.6 Å². The second-order valence-corrected chi connectivity index (χ2v) is 32.5. The summed E-state index contributed by atoms with van der Waals surface area (Å²) in [4.78, 5) is 38.8. The van der Waals surface area contributed by atoms with Crippen molar-refractivity contribution in [3.8, 4) is 0 Å². The fourth-order valence-electron chi connectivity index (χ4n) is 15.6. The first kappa shape index (κ1) is 101. The normalized spacial score (nSPS) is 25.7. The van der Waals surface area contributed by atoms with Gasteiger partial charge in [-0.05, 0) is 44.9 Å². The maximum Gasteiger partial charge on any atom is 0.364 e. The van der Waals surface area contributed by atoms with Crippen molar-refractivity contribution in [2.24, 2.45) is 0 Å². The van der Waals surface area contributed by atoms with E-state index in [2.05, 4.69) is 36.6 Å². The van der Waals surface area contributed by atoms with Crippen LogP contribution in [-0.4, -0.2) is 215 Å². The molecule has 0 spiro atoms. The van der Waals surface area contributed by atoms with Crippen molar-refractivity contribution in [3.05, 3.63) is 24.3 Å². The van der Waals surface area contributed by atoms with Crippen LogP contribution >= 0.6 is 0 Å². The van der Waals surface area contributed by atoms with Crippen molar-refractivity contribution in [1.29, 1.82) is 0 Å². The lowest BCUT2D eigenvalue weighted by Crippen LogP contribution is -2.70. The molecule has 3 fully saturated rings. The van der Waals surface area contributed by atoms with E-state index in [0.717, 1.165) is 51.9 Å². The van der Waals surface area contributed by atoms with Crippen LogP contribution in [0.1, 0.15) is 374 Å². The summed E-state index contributed by atoms with van der Waals surface area (Å²) in [5.74, 6) is -6.13. The van der Waals surface area contributed by atoms with E-state index < -0.39 is 155 Å². The van der Waals surface area contributed by atoms with Crippen LogP contribution in [-0.2, 0) is 42.8 Å². The molecule has 23 nitrogen and oxygen atoms in total. The maximum atomic E-state index is 13.6. The molecule has 0 saturated carbocycles. The summed E-state index contributed by atoms with van der Waals surface area (Å²) in [6.07, 6.45) is 46.6. The Kier molecular flexibility index (Phi) is 60.2. The Balaban J connectivity index is 1.44. The highest BCUT2D eigenvalue weighted by Gasteiger charge is 2.60. The minimum absolute atomic E-state index is 0.204. The summed E-state index contributed by atoms with van der Waals surface area (Å²) in [7, 11) is 0. The van der Waals surface area contributed by atoms with Gasteiger partial charge in [0.25, 0.3) is 5.79 Å². The van der Waals surface area contributed by atoms with E-state index in [1.807, 2.05) is 6.08 Å². The molecule has 14 N–H and O–H groups in total. The van der Waals surface area contributed by atoms with Gasteiger partial charge in [0.15, 0.2) is 12.6 Å². The summed E-state index contributed by atoms with van der Waals surface area (Å²) >= 11 is 0. The van der Waals surface area contributed by atoms with Gasteiger partial charge in [0.05, 0.1) is 50.7 Å². The molecule has 3 heterocycles. The Morgan fingerprint density at radius 3 is 1.24 bits per heavy atom. The predicted octanol–water partition coefficient (Wildman–Crippen LogP) is 13.9. The molecular weight excluding hydrogens is 1410 g/mol. The van der Waals surface area contributed by atoms with Crippen molar-refractivity contribution in [2.45, 2.75) is 484 Å². The summed E-state index contributed by atoms with van der Waals surface area (Å²) in [6.45, 7) is 2.21. The number of carboxylic acids is 1. The number of rotatable bonds is 72. The number of aliphatic carboxylic acids is 1. The Morgan fingerprint density at radius 2 is 0.855 bits per heavy atom. The molecule has 18 atom stereocenters. The van der Waals surface area contributed by atoms with E-state index in [-0.39, 0.29) is 12.3 Å². The lowest BCUT2D eigenvalue weighted by atomic mass is 9.88. The standard InChI is InChI=1S/C87H162N2O21/c1-4-6-8-10-12-14-16-18-20-22-24-26-27-28-29-30-31-32-33-34-35-36-37-38-39-41-43-45-47-49-51-53-55-57-59-61-74(97)89-68(69(94)60-58-56-54-52-50-48-46-44-42-40-25-23-21-19-17-15-13-11-9-7-5-2)66-105-84-79(101)78(100)81(73(65-92)107-84)108-85-80(102)83(77(99)72(64-91)106-85)110-87(86(103)104)62-70(95)75(88-67(3)93)82(109-87)76(98)71(96)63-90/h30-31,58,60,68-73,75-85,90-92,94-96,98-102H,4-29,32-57,59,61-66H2,1-3H3,(H,88,93)(H,89,97)(H,103,104)/b31-30-,60-58+. The van der Waals surface area contributed by atoms with Crippen LogP contribution in [0.25, 0.3) is 0 Å². The molecule has 23 heteroatoms. The first-order chi connectivity index (χ1) is 53.4. The number of unbranched alkanes of at least 4 members (excludes halogenated alkanes) is 50. The van der Waals surface area contributed by atoms with Crippen LogP contribution in [0, 0.1) is 0 Å². The van der Waals surface area contributed by atoms with E-state index >= 15 is 0 Å². The van der Waals surface area contributed by atoms with Gasteiger partial charge in [-0.2, -0.15) is 0 Å². The topological polar surface area (TPSA) is 373 Å². The third-order valence-electron chi connectivity index (χ3n) is 22.6. The molecular formula is C87H162N2O21. The highest BCUT2D eigenvalue weighted by molar-refractivity contribution is 5.77. The molecule has 3 aliphatic heterocycles. The predicted molar refractivity (Wildman–Crippen MR) is 431 cm³/mol. The summed E-state index contributed by atoms with van der Waals surface area (Å²) in [6, 6.07) is -2.62. The van der Waals surface area contributed by atoms with Gasteiger partial charge in [-0.15, -0.1) is 0 Å². The van der Waals surface area contributed by atoms with Crippen molar-refractivity contribution in [3.63, 3.8) is 0 Å². The minimum atomic E-state index is -3.08. The minimum Gasteiger partial charge on any atom is -0.477 e. The molecule has 0 aromatic rings. The Morgan fingerprint density at radius 1 is 0.473 bits per heavy atom. The zero-order valence-corrected chi connectivity index (χ0v) is 68.9. The van der Waals surface area contributed by atoms with Gasteiger partial charge in [0.1, 0.15) is 67.1 Å². The average Bonchev–Trinajstić information content (AvgIpc) is 0.752. The molecule has 0 aromatic heterocycles. The second-order valence-electron chi connectivity index (χ2n) is 32.5. The third kappa shape index (κ3) is 44.0. The molecule has 0 aromatic carbocycles. The van der Waals surface area contributed by atoms with Crippen LogP contribution in [0.4, 0.5) is 0 Å². The number of ether oxygens (including phenoxy) is 6. The number of nitrogens with one attached hydrogen (secondary N) is 2. The SMILES string of the molecule is CCCCCCCCCCCCCCCC/C=C\CCCCCCCCCCCCCCCCCCCC(=O)NC(COC1OC(CO)C(OC2OC(CO)C(O)C(OC3(C(=O)O)CC(O)C(NC(C)=O)C(C(O)C(O)CO)O3)C2O)C(O)C1O)C(O)/C=C/CCCCCCCCCCCCCCCCCCCCC. The number of carboxylic acid groups (broad SMARTS) is 1. The summed E-state index contributed by atoms with van der Waals surface area (Å²) in [5, 5.41) is 137. The van der Waals surface area contributed by atoms with Crippen molar-refractivity contribution in [2.75, 3.05) is 26.4 Å². The smallest absolute Gasteiger partial charge is 0.364 e. The van der Waals surface area contributed by atoms with Gasteiger partial charge < -0.3 is 100 Å². The molecule has 0 aliphatic carbocycles. The fourth-order valence-corrected chi connectivity index (χ4v) is 15.6. The molecule has 18 unspecified atom stereocenters. The largest absolute Gasteiger partial charge is 0.477 e. The number of hydrogen-bond acceptors (Lipinski definition) is 20. The molecule has 2 amide bonds. The van der Waals surface area contributed by atoms with Gasteiger partial charge in [0, 0.05) is 19.8 Å². The number of carbonyl (C=O) groups is 3. The Labute approximate surface area is 664 Å².